The van der Waals surface area contributed by atoms with Crippen LogP contribution < -0.4 is 4.74 Å². The number of aromatic amines is 1. The second-order valence-electron chi connectivity index (χ2n) is 8.26. The van der Waals surface area contributed by atoms with Crippen LogP contribution in [0.15, 0.2) is 24.4 Å². The number of fused-ring (bicyclic) bond motifs is 1. The van der Waals surface area contributed by atoms with Gasteiger partial charge in [0.1, 0.15) is 12.4 Å². The Hall–Kier alpha value is -1.70. The van der Waals surface area contributed by atoms with Gasteiger partial charge in [0.25, 0.3) is 0 Å². The summed E-state index contributed by atoms with van der Waals surface area (Å²) in [6.45, 7) is 4.26. The van der Waals surface area contributed by atoms with E-state index in [1.165, 1.54) is 11.5 Å². The fourth-order valence-electron chi connectivity index (χ4n) is 3.41. The van der Waals surface area contributed by atoms with Crippen molar-refractivity contribution in [3.63, 3.8) is 0 Å². The molecule has 28 heavy (non-hydrogen) atoms. The summed E-state index contributed by atoms with van der Waals surface area (Å²) in [7, 11) is 3.69. The Morgan fingerprint density at radius 2 is 2.00 bits per heavy atom. The van der Waals surface area contributed by atoms with Crippen LogP contribution in [0.1, 0.15) is 5.56 Å². The van der Waals surface area contributed by atoms with Gasteiger partial charge >= 0.3 is 6.16 Å². The van der Waals surface area contributed by atoms with Crippen molar-refractivity contribution in [2.24, 2.45) is 0 Å². The van der Waals surface area contributed by atoms with Gasteiger partial charge in [-0.1, -0.05) is 6.07 Å². The van der Waals surface area contributed by atoms with Gasteiger partial charge in [-0.15, -0.1) is 0 Å². The summed E-state index contributed by atoms with van der Waals surface area (Å²) in [5.74, 6) is 3.09. The first-order valence-corrected chi connectivity index (χ1v) is 12.6. The van der Waals surface area contributed by atoms with E-state index in [-0.39, 0.29) is 0 Å². The van der Waals surface area contributed by atoms with Crippen molar-refractivity contribution >= 4 is 27.1 Å². The molecule has 1 saturated heterocycles. The standard InChI is InChI=1S/C21H33N3O3S/c1-23(2)9-8-17-16-22-18-6-5-7-19(20(17)18)27-21(25)26-13-10-24-11-14-28(3,4)15-12-24/h5-7,16,22H,8-15H2,1-4H3. The molecule has 6 nitrogen and oxygen atoms in total. The predicted molar refractivity (Wildman–Crippen MR) is 118 cm³/mol. The molecule has 0 spiro atoms. The van der Waals surface area contributed by atoms with Crippen LogP contribution in [-0.2, 0) is 11.2 Å². The Morgan fingerprint density at radius 1 is 1.25 bits per heavy atom. The molecule has 156 valence electrons. The van der Waals surface area contributed by atoms with Crippen molar-refractivity contribution in [1.82, 2.24) is 14.8 Å². The molecule has 1 N–H and O–H groups in total. The number of hydrogen-bond acceptors (Lipinski definition) is 5. The minimum atomic E-state index is -0.629. The van der Waals surface area contributed by atoms with Gasteiger partial charge in [0.05, 0.1) is 0 Å². The van der Waals surface area contributed by atoms with E-state index >= 15 is 0 Å². The van der Waals surface area contributed by atoms with Crippen molar-refractivity contribution in [2.45, 2.75) is 6.42 Å². The summed E-state index contributed by atoms with van der Waals surface area (Å²) < 4.78 is 10.9. The maximum atomic E-state index is 12.2. The fourth-order valence-corrected chi connectivity index (χ4v) is 5.12. The Morgan fingerprint density at radius 3 is 2.71 bits per heavy atom. The van der Waals surface area contributed by atoms with Crippen LogP contribution >= 0.6 is 10.0 Å². The molecule has 1 aromatic carbocycles. The number of benzene rings is 1. The highest BCUT2D eigenvalue weighted by atomic mass is 32.3. The van der Waals surface area contributed by atoms with Crippen LogP contribution in [0.2, 0.25) is 0 Å². The van der Waals surface area contributed by atoms with E-state index in [2.05, 4.69) is 27.3 Å². The number of aromatic nitrogens is 1. The SMILES string of the molecule is CN(C)CCc1c[nH]c2cccc(OC(=O)OCCN3CCS(C)(C)CC3)c12. The van der Waals surface area contributed by atoms with Crippen LogP contribution in [0.5, 0.6) is 5.75 Å². The summed E-state index contributed by atoms with van der Waals surface area (Å²) in [5, 5.41) is 0.961. The number of H-pyrrole nitrogens is 1. The van der Waals surface area contributed by atoms with Crippen molar-refractivity contribution in [2.75, 3.05) is 70.9 Å². The second kappa shape index (κ2) is 9.20. The first kappa shape index (κ1) is 21.0. The minimum absolute atomic E-state index is 0.366. The lowest BCUT2D eigenvalue weighted by molar-refractivity contribution is 0.0886. The normalized spacial score (nSPS) is 18.3. The number of carbonyl (C=O) groups excluding carboxylic acids is 1. The first-order valence-electron chi connectivity index (χ1n) is 9.83. The molecule has 0 unspecified atom stereocenters. The second-order valence-corrected chi connectivity index (χ2v) is 12.6. The molecular formula is C21H33N3O3S. The van der Waals surface area contributed by atoms with Crippen LogP contribution in [0.3, 0.4) is 0 Å². The van der Waals surface area contributed by atoms with Gasteiger partial charge in [0, 0.05) is 43.3 Å². The van der Waals surface area contributed by atoms with Crippen molar-refractivity contribution in [3.05, 3.63) is 30.0 Å². The molecule has 0 bridgehead atoms. The Kier molecular flexibility index (Phi) is 6.91. The summed E-state index contributed by atoms with van der Waals surface area (Å²) in [6, 6.07) is 5.70. The van der Waals surface area contributed by atoms with E-state index in [9.17, 15) is 4.79 Å². The quantitative estimate of drug-likeness (QED) is 0.564. The highest BCUT2D eigenvalue weighted by Crippen LogP contribution is 2.41. The van der Waals surface area contributed by atoms with E-state index in [4.69, 9.17) is 9.47 Å². The topological polar surface area (TPSA) is 57.8 Å². The molecule has 1 aromatic heterocycles. The Balaban J connectivity index is 1.54. The zero-order valence-corrected chi connectivity index (χ0v) is 18.3. The average Bonchev–Trinajstić information content (AvgIpc) is 3.05. The van der Waals surface area contributed by atoms with E-state index in [0.717, 1.165) is 49.1 Å². The first-order chi connectivity index (χ1) is 13.3. The Labute approximate surface area is 169 Å². The zero-order valence-electron chi connectivity index (χ0n) is 17.5. The van der Waals surface area contributed by atoms with Gasteiger partial charge < -0.3 is 19.4 Å². The fraction of sp³-hybridized carbons (Fsp3) is 0.571. The van der Waals surface area contributed by atoms with Gasteiger partial charge in [-0.3, -0.25) is 4.90 Å². The third-order valence-electron chi connectivity index (χ3n) is 5.32. The van der Waals surface area contributed by atoms with E-state index in [1.807, 2.05) is 38.5 Å². The largest absolute Gasteiger partial charge is 0.513 e. The number of nitrogens with one attached hydrogen (secondary N) is 1. The summed E-state index contributed by atoms with van der Waals surface area (Å²) >= 11 is 0. The average molecular weight is 408 g/mol. The lowest BCUT2D eigenvalue weighted by Crippen LogP contribution is -2.40. The molecule has 0 atom stereocenters. The highest BCUT2D eigenvalue weighted by Gasteiger charge is 2.21. The molecule has 2 aromatic rings. The van der Waals surface area contributed by atoms with Gasteiger partial charge in [-0.25, -0.2) is 14.8 Å². The number of likely N-dealkylation sites (N-methyl/N-ethyl adjacent to an activating group) is 1. The van der Waals surface area contributed by atoms with E-state index in [0.29, 0.717) is 12.4 Å². The third kappa shape index (κ3) is 5.65. The number of rotatable bonds is 7. The number of nitrogens with zero attached hydrogens (tertiary/aromatic N) is 2. The molecule has 1 aliphatic heterocycles. The van der Waals surface area contributed by atoms with Crippen LogP contribution in [-0.4, -0.2) is 91.8 Å². The molecule has 0 aliphatic carbocycles. The molecule has 2 heterocycles. The number of ether oxygens (including phenoxy) is 2. The molecule has 7 heteroatoms. The van der Waals surface area contributed by atoms with Crippen LogP contribution in [0.25, 0.3) is 10.9 Å². The third-order valence-corrected chi connectivity index (χ3v) is 7.89. The minimum Gasteiger partial charge on any atom is -0.433 e. The van der Waals surface area contributed by atoms with Gasteiger partial charge in [0.15, 0.2) is 0 Å². The molecule has 1 fully saturated rings. The maximum Gasteiger partial charge on any atom is 0.513 e. The van der Waals surface area contributed by atoms with Crippen molar-refractivity contribution in [3.8, 4) is 5.75 Å². The van der Waals surface area contributed by atoms with Gasteiger partial charge in [-0.05, 0) is 62.2 Å². The zero-order chi connectivity index (χ0) is 20.1. The van der Waals surface area contributed by atoms with Gasteiger partial charge in [-0.2, -0.15) is 0 Å². The van der Waals surface area contributed by atoms with E-state index < -0.39 is 16.2 Å². The number of carbonyl (C=O) groups is 1. The van der Waals surface area contributed by atoms with Gasteiger partial charge in [0.2, 0.25) is 0 Å². The molecule has 3 rings (SSSR count). The summed E-state index contributed by atoms with van der Waals surface area (Å²) in [5.41, 5.74) is 2.11. The lowest BCUT2D eigenvalue weighted by atomic mass is 10.1. The molecular weight excluding hydrogens is 374 g/mol. The smallest absolute Gasteiger partial charge is 0.433 e. The van der Waals surface area contributed by atoms with E-state index in [1.54, 1.807) is 0 Å². The van der Waals surface area contributed by atoms with Crippen molar-refractivity contribution in [1.29, 1.82) is 0 Å². The molecule has 0 saturated carbocycles. The highest BCUT2D eigenvalue weighted by molar-refractivity contribution is 8.32. The number of hydrogen-bond donors (Lipinski definition) is 1. The maximum absolute atomic E-state index is 12.2. The van der Waals surface area contributed by atoms with Crippen molar-refractivity contribution < 1.29 is 14.3 Å². The Bertz CT molecular complexity index is 793. The van der Waals surface area contributed by atoms with Crippen LogP contribution in [0.4, 0.5) is 4.79 Å². The van der Waals surface area contributed by atoms with Crippen LogP contribution in [0, 0.1) is 0 Å². The monoisotopic (exact) mass is 407 g/mol. The summed E-state index contributed by atoms with van der Waals surface area (Å²) in [6.07, 6.45) is 7.04. The molecule has 0 radical (unpaired) electrons. The summed E-state index contributed by atoms with van der Waals surface area (Å²) in [4.78, 5) is 20.0. The lowest BCUT2D eigenvalue weighted by Gasteiger charge is -2.40. The molecule has 0 amide bonds. The molecule has 1 aliphatic rings. The predicted octanol–water partition coefficient (Wildman–Crippen LogP) is 3.17.